The van der Waals surface area contributed by atoms with Crippen molar-refractivity contribution >= 4 is 72.8 Å². The quantitative estimate of drug-likeness (QED) is 0.0990. The molecule has 3 amide bonds. The Morgan fingerprint density at radius 3 is 2.41 bits per heavy atom. The summed E-state index contributed by atoms with van der Waals surface area (Å²) in [4.78, 5) is 68.3. The molecule has 0 bridgehead atoms. The molecule has 4 aromatic carbocycles. The summed E-state index contributed by atoms with van der Waals surface area (Å²) in [6, 6.07) is 28.1. The molecule has 15 nitrogen and oxygen atoms in total. The van der Waals surface area contributed by atoms with Crippen molar-refractivity contribution in [2.45, 2.75) is 103 Å². The molecule has 3 aliphatic heterocycles. The van der Waals surface area contributed by atoms with Gasteiger partial charge in [-0.25, -0.2) is 14.8 Å². The van der Waals surface area contributed by atoms with E-state index in [1.54, 1.807) is 0 Å². The van der Waals surface area contributed by atoms with Crippen LogP contribution >= 0.6 is 11.3 Å². The number of hydrogen-bond acceptors (Lipinski definition) is 12. The number of piperazine rings is 1. The topological polar surface area (TPSA) is 175 Å². The summed E-state index contributed by atoms with van der Waals surface area (Å²) >= 11 is 1.44. The zero-order valence-electron chi connectivity index (χ0n) is 43.4. The predicted octanol–water partition coefficient (Wildman–Crippen LogP) is 10.0. The van der Waals surface area contributed by atoms with Crippen LogP contribution in [0.3, 0.4) is 0 Å². The lowest BCUT2D eigenvalue weighted by molar-refractivity contribution is -0.134. The van der Waals surface area contributed by atoms with E-state index in [9.17, 15) is 24.3 Å². The van der Waals surface area contributed by atoms with E-state index >= 15 is 0 Å². The van der Waals surface area contributed by atoms with E-state index in [1.807, 2.05) is 73.3 Å². The number of fused-ring (bicyclic) bond motifs is 3. The predicted molar refractivity (Wildman–Crippen MR) is 294 cm³/mol. The Balaban J connectivity index is 0.720. The maximum Gasteiger partial charge on any atom is 0.355 e. The van der Waals surface area contributed by atoms with Gasteiger partial charge in [-0.1, -0.05) is 68.5 Å². The molecule has 3 aromatic heterocycles. The number of nitrogens with zero attached hydrogens (tertiary/aromatic N) is 7. The summed E-state index contributed by atoms with van der Waals surface area (Å²) in [6.45, 7) is 14.3. The number of hydrogen-bond donors (Lipinski definition) is 3. The number of amides is 3. The first-order valence-corrected chi connectivity index (χ1v) is 27.3. The second-order valence-corrected chi connectivity index (χ2v) is 22.9. The lowest BCUT2D eigenvalue weighted by Crippen LogP contribution is -2.47. The number of carbonyl (C=O) groups excluding carboxylic acids is 3. The Labute approximate surface area is 441 Å². The van der Waals surface area contributed by atoms with E-state index in [-0.39, 0.29) is 29.5 Å². The first-order chi connectivity index (χ1) is 36.1. The number of aryl methyl sites for hydroxylation is 1. The molecule has 16 heteroatoms. The number of benzene rings is 4. The summed E-state index contributed by atoms with van der Waals surface area (Å²) in [7, 11) is 1.92. The lowest BCUT2D eigenvalue weighted by atomic mass is 9.80. The van der Waals surface area contributed by atoms with Gasteiger partial charge in [-0.05, 0) is 146 Å². The van der Waals surface area contributed by atoms with Gasteiger partial charge in [-0.2, -0.15) is 5.10 Å². The highest BCUT2D eigenvalue weighted by molar-refractivity contribution is 7.22. The van der Waals surface area contributed by atoms with E-state index in [0.29, 0.717) is 60.3 Å². The number of rotatable bonds is 12. The fourth-order valence-electron chi connectivity index (χ4n) is 11.8. The molecule has 7 aromatic rings. The van der Waals surface area contributed by atoms with Gasteiger partial charge in [0.15, 0.2) is 10.8 Å². The van der Waals surface area contributed by atoms with Crippen molar-refractivity contribution < 1.29 is 29.0 Å². The number of carbonyl (C=O) groups is 4. The molecule has 3 N–H and O–H groups in total. The summed E-state index contributed by atoms with van der Waals surface area (Å²) in [5.74, 6) is -0.240. The second-order valence-electron chi connectivity index (χ2n) is 21.9. The summed E-state index contributed by atoms with van der Waals surface area (Å²) < 4.78 is 9.67. The highest BCUT2D eigenvalue weighted by atomic mass is 32.1. The number of piperidine rings is 1. The van der Waals surface area contributed by atoms with Crippen LogP contribution in [-0.2, 0) is 35.0 Å². The average molecular weight is 1030 g/mol. The van der Waals surface area contributed by atoms with Crippen molar-refractivity contribution in [2.24, 2.45) is 13.0 Å². The summed E-state index contributed by atoms with van der Waals surface area (Å²) in [5.41, 5.74) is 9.03. The van der Waals surface area contributed by atoms with Gasteiger partial charge >= 0.3 is 5.97 Å². The summed E-state index contributed by atoms with van der Waals surface area (Å²) in [5, 5.41) is 22.7. The van der Waals surface area contributed by atoms with Crippen molar-refractivity contribution in [3.8, 4) is 16.9 Å². The SMILES string of the molecule is Cc1c(OC2CCC(CCN3CCN(c4ccc5c(C6CCC(=O)NC6=O)nn(C)c5c4)CC3)CC2)cccc1-c1c(C(C)(C)C)cc(N2CCc3cccc(C(=O)Nc4nc5ccccc5s4)c3C2)nc1C(=O)O. The number of para-hydroxylation sites is 1. The van der Waals surface area contributed by atoms with Crippen LogP contribution in [-0.4, -0.2) is 98.8 Å². The molecule has 388 valence electrons. The van der Waals surface area contributed by atoms with Crippen molar-refractivity contribution in [3.63, 3.8) is 0 Å². The van der Waals surface area contributed by atoms with Gasteiger partial charge in [0.05, 0.1) is 33.4 Å². The Hall–Kier alpha value is -7.17. The average Bonchev–Trinajstić information content (AvgIpc) is 3.97. The Kier molecular flexibility index (Phi) is 13.7. The molecule has 1 unspecified atom stereocenters. The maximum absolute atomic E-state index is 13.8. The number of imide groups is 1. The van der Waals surface area contributed by atoms with Crippen LogP contribution in [0.2, 0.25) is 0 Å². The number of nitrogens with one attached hydrogen (secondary N) is 2. The van der Waals surface area contributed by atoms with Gasteiger partial charge in [-0.3, -0.25) is 34.6 Å². The van der Waals surface area contributed by atoms with Gasteiger partial charge in [0.25, 0.3) is 5.91 Å². The molecular formula is C59H65N9O6S. The highest BCUT2D eigenvalue weighted by Crippen LogP contribution is 2.43. The van der Waals surface area contributed by atoms with E-state index in [4.69, 9.17) is 14.8 Å². The minimum Gasteiger partial charge on any atom is -0.490 e. The normalized spacial score (nSPS) is 19.6. The number of ether oxygens (including phenoxy) is 1. The highest BCUT2D eigenvalue weighted by Gasteiger charge is 2.34. The third-order valence-electron chi connectivity index (χ3n) is 16.0. The number of aromatic carboxylic acids is 1. The van der Waals surface area contributed by atoms with Gasteiger partial charge in [0.1, 0.15) is 11.6 Å². The fourth-order valence-corrected chi connectivity index (χ4v) is 12.7. The fraction of sp³-hybridized carbons (Fsp3) is 0.407. The van der Waals surface area contributed by atoms with Crippen molar-refractivity contribution in [3.05, 3.63) is 124 Å². The van der Waals surface area contributed by atoms with Crippen LogP contribution in [0.1, 0.15) is 120 Å². The minimum absolute atomic E-state index is 0.000512. The first kappa shape index (κ1) is 50.0. The molecule has 1 atom stereocenters. The zero-order chi connectivity index (χ0) is 52.1. The van der Waals surface area contributed by atoms with Gasteiger partial charge in [-0.15, -0.1) is 0 Å². The minimum atomic E-state index is -1.09. The molecule has 0 spiro atoms. The van der Waals surface area contributed by atoms with Crippen LogP contribution in [0.5, 0.6) is 5.75 Å². The largest absolute Gasteiger partial charge is 0.490 e. The molecule has 3 fully saturated rings. The molecule has 6 heterocycles. The third kappa shape index (κ3) is 10.2. The number of thiazole rings is 1. The Morgan fingerprint density at radius 2 is 1.65 bits per heavy atom. The summed E-state index contributed by atoms with van der Waals surface area (Å²) in [6.07, 6.45) is 6.88. The van der Waals surface area contributed by atoms with Crippen LogP contribution in [0, 0.1) is 12.8 Å². The van der Waals surface area contributed by atoms with Gasteiger partial charge in [0.2, 0.25) is 11.8 Å². The van der Waals surface area contributed by atoms with Crippen molar-refractivity contribution in [1.29, 1.82) is 0 Å². The standard InChI is InChI=1S/C59H65N9O6S/c1-35-40(52-45(59(2,3)4)33-50(61-54(52)57(72)73)68-27-25-37-10-8-12-41(44(37)34-68)55(70)63-58-60-46-13-6-7-15-49(46)75-58)11-9-14-48(35)74-39-19-16-36(17-20-39)24-26-66-28-30-67(31-29-66)38-18-21-42-47(32-38)65(5)64-53(42)43-22-23-51(69)62-56(43)71/h6-15,18,21,32-33,36,39,43H,16-17,19-20,22-31,34H2,1-5H3,(H,72,73)(H,60,63,70)(H,62,69,71). The second kappa shape index (κ2) is 20.5. The molecule has 4 aliphatic rings. The maximum atomic E-state index is 13.8. The zero-order valence-corrected chi connectivity index (χ0v) is 44.3. The van der Waals surface area contributed by atoms with E-state index in [1.165, 1.54) is 11.3 Å². The van der Waals surface area contributed by atoms with E-state index in [0.717, 1.165) is 131 Å². The van der Waals surface area contributed by atoms with E-state index in [2.05, 4.69) is 81.4 Å². The molecule has 2 saturated heterocycles. The van der Waals surface area contributed by atoms with E-state index < -0.39 is 17.3 Å². The molecule has 1 saturated carbocycles. The number of pyridine rings is 1. The third-order valence-corrected chi connectivity index (χ3v) is 17.0. The number of aromatic nitrogens is 4. The van der Waals surface area contributed by atoms with Crippen molar-refractivity contribution in [1.82, 2.24) is 30.0 Å². The molecule has 11 rings (SSSR count). The first-order valence-electron chi connectivity index (χ1n) is 26.5. The van der Waals surface area contributed by atoms with Crippen LogP contribution < -0.4 is 25.2 Å². The molecule has 1 aliphatic carbocycles. The molecule has 0 radical (unpaired) electrons. The molecule has 75 heavy (non-hydrogen) atoms. The van der Waals surface area contributed by atoms with Gasteiger partial charge in [0, 0.05) is 74.9 Å². The lowest BCUT2D eigenvalue weighted by Gasteiger charge is -2.37. The molecular weight excluding hydrogens is 963 g/mol. The number of carboxylic acid groups (broad SMARTS) is 1. The van der Waals surface area contributed by atoms with Crippen LogP contribution in [0.4, 0.5) is 16.6 Å². The Morgan fingerprint density at radius 1 is 0.867 bits per heavy atom. The van der Waals surface area contributed by atoms with Crippen molar-refractivity contribution in [2.75, 3.05) is 54.4 Å². The monoisotopic (exact) mass is 1030 g/mol. The smallest absolute Gasteiger partial charge is 0.355 e. The number of anilines is 3. The van der Waals surface area contributed by atoms with Crippen LogP contribution in [0.25, 0.3) is 32.2 Å². The Bertz CT molecular complexity index is 3330. The van der Waals surface area contributed by atoms with Crippen LogP contribution in [0.15, 0.2) is 84.9 Å². The van der Waals surface area contributed by atoms with Gasteiger partial charge < -0.3 is 19.6 Å². The number of carboxylic acids is 1.